The minimum Gasteiger partial charge on any atom is -0.355 e. The van der Waals surface area contributed by atoms with E-state index in [-0.39, 0.29) is 11.8 Å². The van der Waals surface area contributed by atoms with Crippen molar-refractivity contribution < 1.29 is 4.79 Å². The Morgan fingerprint density at radius 2 is 1.93 bits per heavy atom. The number of aromatic nitrogens is 4. The SMILES string of the molecule is O=C(NCCCc1ccccc1)C1CCCn2c(-c3ccncc3)nnc21. The predicted molar refractivity (Wildman–Crippen MR) is 103 cm³/mol. The van der Waals surface area contributed by atoms with E-state index in [2.05, 4.69) is 37.2 Å². The van der Waals surface area contributed by atoms with Gasteiger partial charge in [0.05, 0.1) is 5.92 Å². The van der Waals surface area contributed by atoms with Crippen molar-refractivity contribution in [1.29, 1.82) is 0 Å². The summed E-state index contributed by atoms with van der Waals surface area (Å²) in [6.45, 7) is 1.52. The number of amides is 1. The van der Waals surface area contributed by atoms with Gasteiger partial charge in [-0.1, -0.05) is 30.3 Å². The molecule has 0 radical (unpaired) electrons. The van der Waals surface area contributed by atoms with E-state index in [4.69, 9.17) is 0 Å². The van der Waals surface area contributed by atoms with Gasteiger partial charge in [0.1, 0.15) is 5.82 Å². The van der Waals surface area contributed by atoms with Crippen LogP contribution in [-0.4, -0.2) is 32.2 Å². The molecule has 0 aliphatic carbocycles. The summed E-state index contributed by atoms with van der Waals surface area (Å²) in [5.41, 5.74) is 2.28. The van der Waals surface area contributed by atoms with Gasteiger partial charge in [-0.05, 0) is 43.4 Å². The Kier molecular flexibility index (Phi) is 5.23. The maximum atomic E-state index is 12.7. The van der Waals surface area contributed by atoms with Crippen LogP contribution in [0.25, 0.3) is 11.4 Å². The number of fused-ring (bicyclic) bond motifs is 1. The molecule has 138 valence electrons. The van der Waals surface area contributed by atoms with E-state index < -0.39 is 0 Å². The highest BCUT2D eigenvalue weighted by Gasteiger charge is 2.30. The third-order valence-corrected chi connectivity index (χ3v) is 5.00. The second-order valence-electron chi connectivity index (χ2n) is 6.84. The van der Waals surface area contributed by atoms with E-state index in [0.717, 1.165) is 49.4 Å². The van der Waals surface area contributed by atoms with Crippen LogP contribution < -0.4 is 5.32 Å². The van der Waals surface area contributed by atoms with Crippen molar-refractivity contribution >= 4 is 5.91 Å². The molecule has 4 rings (SSSR count). The van der Waals surface area contributed by atoms with E-state index in [9.17, 15) is 4.79 Å². The predicted octanol–water partition coefficient (Wildman–Crippen LogP) is 2.97. The van der Waals surface area contributed by atoms with Gasteiger partial charge >= 0.3 is 0 Å². The van der Waals surface area contributed by atoms with Gasteiger partial charge < -0.3 is 9.88 Å². The van der Waals surface area contributed by atoms with Gasteiger partial charge in [0.2, 0.25) is 5.91 Å². The molecule has 1 aliphatic heterocycles. The molecule has 1 amide bonds. The van der Waals surface area contributed by atoms with Crippen molar-refractivity contribution in [3.8, 4) is 11.4 Å². The van der Waals surface area contributed by atoms with Gasteiger partial charge in [-0.3, -0.25) is 9.78 Å². The third kappa shape index (κ3) is 3.89. The lowest BCUT2D eigenvalue weighted by molar-refractivity contribution is -0.123. The topological polar surface area (TPSA) is 72.7 Å². The van der Waals surface area contributed by atoms with Gasteiger partial charge in [0.15, 0.2) is 5.82 Å². The molecule has 3 heterocycles. The van der Waals surface area contributed by atoms with Crippen LogP contribution in [0.2, 0.25) is 0 Å². The first-order valence-corrected chi connectivity index (χ1v) is 9.48. The van der Waals surface area contributed by atoms with Crippen LogP contribution in [0.15, 0.2) is 54.9 Å². The lowest BCUT2D eigenvalue weighted by Crippen LogP contribution is -2.34. The molecule has 0 bridgehead atoms. The number of benzene rings is 1. The highest BCUT2D eigenvalue weighted by atomic mass is 16.1. The summed E-state index contributed by atoms with van der Waals surface area (Å²) in [6, 6.07) is 14.2. The van der Waals surface area contributed by atoms with Crippen LogP contribution in [0.4, 0.5) is 0 Å². The fourth-order valence-corrected chi connectivity index (χ4v) is 3.61. The number of nitrogens with zero attached hydrogens (tertiary/aromatic N) is 4. The van der Waals surface area contributed by atoms with E-state index >= 15 is 0 Å². The Morgan fingerprint density at radius 3 is 2.74 bits per heavy atom. The Balaban J connectivity index is 1.39. The number of hydrogen-bond acceptors (Lipinski definition) is 4. The van der Waals surface area contributed by atoms with Gasteiger partial charge in [-0.25, -0.2) is 0 Å². The van der Waals surface area contributed by atoms with Gasteiger partial charge in [-0.15, -0.1) is 10.2 Å². The number of carbonyl (C=O) groups excluding carboxylic acids is 1. The van der Waals surface area contributed by atoms with Crippen LogP contribution in [-0.2, 0) is 17.8 Å². The Morgan fingerprint density at radius 1 is 1.11 bits per heavy atom. The van der Waals surface area contributed by atoms with Crippen molar-refractivity contribution in [3.05, 3.63) is 66.2 Å². The zero-order valence-electron chi connectivity index (χ0n) is 15.2. The molecule has 2 aromatic heterocycles. The van der Waals surface area contributed by atoms with E-state index in [1.807, 2.05) is 30.3 Å². The molecule has 3 aromatic rings. The number of hydrogen-bond donors (Lipinski definition) is 1. The molecular formula is C21H23N5O. The quantitative estimate of drug-likeness (QED) is 0.685. The average molecular weight is 361 g/mol. The standard InChI is InChI=1S/C21H23N5O/c27-21(23-12-4-8-16-6-2-1-3-7-16)18-9-5-15-26-19(24-25-20(18)26)17-10-13-22-14-11-17/h1-3,6-7,10-11,13-14,18H,4-5,8-9,12,15H2,(H,23,27). The molecule has 1 aliphatic rings. The van der Waals surface area contributed by atoms with Gasteiger partial charge in [0.25, 0.3) is 0 Å². The van der Waals surface area contributed by atoms with Crippen molar-refractivity contribution in [2.45, 2.75) is 38.1 Å². The molecular weight excluding hydrogens is 338 g/mol. The summed E-state index contributed by atoms with van der Waals surface area (Å²) in [6.07, 6.45) is 7.16. The third-order valence-electron chi connectivity index (χ3n) is 5.00. The van der Waals surface area contributed by atoms with Gasteiger partial charge in [0, 0.05) is 31.0 Å². The van der Waals surface area contributed by atoms with E-state index in [1.54, 1.807) is 12.4 Å². The smallest absolute Gasteiger partial charge is 0.230 e. The first-order chi connectivity index (χ1) is 13.3. The highest BCUT2D eigenvalue weighted by molar-refractivity contribution is 5.83. The molecule has 1 atom stereocenters. The molecule has 0 saturated heterocycles. The van der Waals surface area contributed by atoms with Crippen LogP contribution >= 0.6 is 0 Å². The summed E-state index contributed by atoms with van der Waals surface area (Å²) >= 11 is 0. The lowest BCUT2D eigenvalue weighted by Gasteiger charge is -2.23. The highest BCUT2D eigenvalue weighted by Crippen LogP contribution is 2.30. The molecule has 0 spiro atoms. The zero-order valence-corrected chi connectivity index (χ0v) is 15.2. The molecule has 1 aromatic carbocycles. The van der Waals surface area contributed by atoms with Crippen molar-refractivity contribution in [2.75, 3.05) is 6.54 Å². The lowest BCUT2D eigenvalue weighted by atomic mass is 9.97. The van der Waals surface area contributed by atoms with Crippen LogP contribution in [0, 0.1) is 0 Å². The van der Waals surface area contributed by atoms with E-state index in [0.29, 0.717) is 6.54 Å². The van der Waals surface area contributed by atoms with Crippen LogP contribution in [0.5, 0.6) is 0 Å². The number of aryl methyl sites for hydroxylation is 1. The van der Waals surface area contributed by atoms with Crippen molar-refractivity contribution in [3.63, 3.8) is 0 Å². The monoisotopic (exact) mass is 361 g/mol. The van der Waals surface area contributed by atoms with Crippen molar-refractivity contribution in [1.82, 2.24) is 25.1 Å². The summed E-state index contributed by atoms with van der Waals surface area (Å²) in [5, 5.41) is 11.8. The summed E-state index contributed by atoms with van der Waals surface area (Å²) < 4.78 is 2.08. The summed E-state index contributed by atoms with van der Waals surface area (Å²) in [5.74, 6) is 1.42. The summed E-state index contributed by atoms with van der Waals surface area (Å²) in [4.78, 5) is 16.8. The first-order valence-electron chi connectivity index (χ1n) is 9.48. The Bertz CT molecular complexity index is 891. The first kappa shape index (κ1) is 17.4. The number of rotatable bonds is 6. The van der Waals surface area contributed by atoms with E-state index in [1.165, 1.54) is 5.56 Å². The fraction of sp³-hybridized carbons (Fsp3) is 0.333. The Labute approximate surface area is 158 Å². The largest absolute Gasteiger partial charge is 0.355 e. The molecule has 0 saturated carbocycles. The molecule has 1 N–H and O–H groups in total. The minimum atomic E-state index is -0.224. The minimum absolute atomic E-state index is 0.0534. The molecule has 27 heavy (non-hydrogen) atoms. The van der Waals surface area contributed by atoms with Crippen molar-refractivity contribution in [2.24, 2.45) is 0 Å². The zero-order chi connectivity index (χ0) is 18.5. The molecule has 6 heteroatoms. The number of carbonyl (C=O) groups is 1. The normalized spacial score (nSPS) is 15.9. The van der Waals surface area contributed by atoms with Crippen LogP contribution in [0.1, 0.15) is 36.6 Å². The average Bonchev–Trinajstić information content (AvgIpc) is 3.17. The molecule has 1 unspecified atom stereocenters. The number of nitrogens with one attached hydrogen (secondary N) is 1. The molecule has 0 fully saturated rings. The van der Waals surface area contributed by atoms with Crippen LogP contribution in [0.3, 0.4) is 0 Å². The second kappa shape index (κ2) is 8.12. The number of pyridine rings is 1. The fourth-order valence-electron chi connectivity index (χ4n) is 3.61. The van der Waals surface area contributed by atoms with Gasteiger partial charge in [-0.2, -0.15) is 0 Å². The maximum absolute atomic E-state index is 12.7. The summed E-state index contributed by atoms with van der Waals surface area (Å²) in [7, 11) is 0. The maximum Gasteiger partial charge on any atom is 0.230 e. The Hall–Kier alpha value is -3.02. The second-order valence-corrected chi connectivity index (χ2v) is 6.84. The molecule has 6 nitrogen and oxygen atoms in total.